The number of phenolic OH excluding ortho intramolecular Hbond substituents is 1. The molecule has 1 aromatic carbocycles. The molecule has 0 saturated carbocycles. The average Bonchev–Trinajstić information content (AvgIpc) is 2.74. The molecule has 0 saturated heterocycles. The second-order valence-electron chi connectivity index (χ2n) is 3.77. The number of amides is 1. The number of hydrogen-bond donors (Lipinski definition) is 2. The number of carbonyl (C=O) groups excluding carboxylic acids is 1. The summed E-state index contributed by atoms with van der Waals surface area (Å²) in [4.78, 5) is 11.8. The average molecular weight is 238 g/mol. The van der Waals surface area contributed by atoms with Gasteiger partial charge in [-0.3, -0.25) is 4.79 Å². The van der Waals surface area contributed by atoms with Crippen LogP contribution in [0.1, 0.15) is 23.2 Å². The molecule has 1 amide bonds. The van der Waals surface area contributed by atoms with Gasteiger partial charge < -0.3 is 10.4 Å². The van der Waals surface area contributed by atoms with E-state index < -0.39 is 0 Å². The van der Waals surface area contributed by atoms with Gasteiger partial charge in [0.2, 0.25) is 0 Å². The van der Waals surface area contributed by atoms with E-state index in [1.165, 1.54) is 12.1 Å². The molecule has 84 valence electrons. The van der Waals surface area contributed by atoms with Crippen molar-refractivity contribution in [3.8, 4) is 5.75 Å². The van der Waals surface area contributed by atoms with Gasteiger partial charge in [-0.2, -0.15) is 0 Å². The summed E-state index contributed by atoms with van der Waals surface area (Å²) in [5, 5.41) is 12.8. The number of hydrogen-bond acceptors (Lipinski definition) is 2. The van der Waals surface area contributed by atoms with Crippen LogP contribution in [-0.4, -0.2) is 17.1 Å². The summed E-state index contributed by atoms with van der Waals surface area (Å²) < 4.78 is 0. The first kappa shape index (κ1) is 11.0. The van der Waals surface area contributed by atoms with Gasteiger partial charge in [-0.05, 0) is 31.0 Å². The topological polar surface area (TPSA) is 49.3 Å². The predicted molar refractivity (Wildman–Crippen MR) is 62.7 cm³/mol. The van der Waals surface area contributed by atoms with Gasteiger partial charge in [0, 0.05) is 11.1 Å². The number of benzene rings is 1. The summed E-state index contributed by atoms with van der Waals surface area (Å²) in [5.74, 6) is -0.332. The number of halogens is 1. The minimum absolute atomic E-state index is 0.0483. The molecule has 2 rings (SSSR count). The molecule has 1 aliphatic carbocycles. The fourth-order valence-corrected chi connectivity index (χ4v) is 1.86. The second-order valence-corrected chi connectivity index (χ2v) is 4.21. The van der Waals surface area contributed by atoms with Crippen LogP contribution < -0.4 is 5.32 Å². The van der Waals surface area contributed by atoms with Crippen LogP contribution in [0, 0.1) is 0 Å². The van der Waals surface area contributed by atoms with Crippen LogP contribution in [0.25, 0.3) is 0 Å². The molecule has 0 fully saturated rings. The Labute approximate surface area is 98.7 Å². The number of phenols is 1. The van der Waals surface area contributed by atoms with Crippen molar-refractivity contribution in [1.82, 2.24) is 5.32 Å². The third-order valence-corrected chi connectivity index (χ3v) is 2.78. The maximum absolute atomic E-state index is 11.8. The lowest BCUT2D eigenvalue weighted by Gasteiger charge is -2.12. The Morgan fingerprint density at radius 2 is 2.06 bits per heavy atom. The standard InChI is InChI=1S/C12H12ClNO2/c13-8-5-6-11(15)10(7-8)12(16)14-9-3-1-2-4-9/h1-2,5-7,9,15H,3-4H2,(H,14,16). The molecule has 0 atom stereocenters. The number of carbonyl (C=O) groups is 1. The first-order valence-electron chi connectivity index (χ1n) is 5.11. The van der Waals surface area contributed by atoms with E-state index in [4.69, 9.17) is 11.6 Å². The van der Waals surface area contributed by atoms with Crippen molar-refractivity contribution >= 4 is 17.5 Å². The molecule has 4 heteroatoms. The molecule has 0 spiro atoms. The molecule has 0 bridgehead atoms. The molecule has 0 aromatic heterocycles. The van der Waals surface area contributed by atoms with Gasteiger partial charge in [0.15, 0.2) is 0 Å². The summed E-state index contributed by atoms with van der Waals surface area (Å²) in [6.07, 6.45) is 5.74. The van der Waals surface area contributed by atoms with E-state index in [1.807, 2.05) is 12.2 Å². The van der Waals surface area contributed by atoms with Gasteiger partial charge in [0.05, 0.1) is 5.56 Å². The molecule has 1 aliphatic rings. The number of aromatic hydroxyl groups is 1. The van der Waals surface area contributed by atoms with Crippen molar-refractivity contribution < 1.29 is 9.90 Å². The molecule has 0 radical (unpaired) electrons. The Morgan fingerprint density at radius 1 is 1.38 bits per heavy atom. The SMILES string of the molecule is O=C(NC1CC=CC1)c1cc(Cl)ccc1O. The van der Waals surface area contributed by atoms with Crippen molar-refractivity contribution in [2.75, 3.05) is 0 Å². The molecule has 2 N–H and O–H groups in total. The molecule has 0 unspecified atom stereocenters. The van der Waals surface area contributed by atoms with Crippen molar-refractivity contribution in [2.24, 2.45) is 0 Å². The van der Waals surface area contributed by atoms with Gasteiger partial charge in [0.25, 0.3) is 5.91 Å². The highest BCUT2D eigenvalue weighted by atomic mass is 35.5. The number of nitrogens with one attached hydrogen (secondary N) is 1. The molecular weight excluding hydrogens is 226 g/mol. The van der Waals surface area contributed by atoms with E-state index in [-0.39, 0.29) is 23.3 Å². The minimum Gasteiger partial charge on any atom is -0.507 e. The highest BCUT2D eigenvalue weighted by Gasteiger charge is 2.17. The highest BCUT2D eigenvalue weighted by Crippen LogP contribution is 2.22. The molecular formula is C12H12ClNO2. The minimum atomic E-state index is -0.284. The van der Waals surface area contributed by atoms with Crippen LogP contribution >= 0.6 is 11.6 Å². The lowest BCUT2D eigenvalue weighted by molar-refractivity contribution is 0.0936. The largest absolute Gasteiger partial charge is 0.507 e. The van der Waals surface area contributed by atoms with Crippen LogP contribution in [0.5, 0.6) is 5.75 Å². The van der Waals surface area contributed by atoms with Gasteiger partial charge >= 0.3 is 0 Å². The fourth-order valence-electron chi connectivity index (χ4n) is 1.69. The van der Waals surface area contributed by atoms with Crippen LogP contribution in [0.15, 0.2) is 30.4 Å². The summed E-state index contributed by atoms with van der Waals surface area (Å²) >= 11 is 5.77. The first-order chi connectivity index (χ1) is 7.66. The summed E-state index contributed by atoms with van der Waals surface area (Å²) in [6, 6.07) is 4.56. The lowest BCUT2D eigenvalue weighted by atomic mass is 10.1. The Morgan fingerprint density at radius 3 is 2.75 bits per heavy atom. The summed E-state index contributed by atoms with van der Waals surface area (Å²) in [7, 11) is 0. The maximum atomic E-state index is 11.8. The van der Waals surface area contributed by atoms with E-state index in [1.54, 1.807) is 6.07 Å². The molecule has 16 heavy (non-hydrogen) atoms. The number of rotatable bonds is 2. The third kappa shape index (κ3) is 2.36. The van der Waals surface area contributed by atoms with Gasteiger partial charge in [-0.1, -0.05) is 23.8 Å². The van der Waals surface area contributed by atoms with Gasteiger partial charge in [-0.25, -0.2) is 0 Å². The quantitative estimate of drug-likeness (QED) is 0.777. The van der Waals surface area contributed by atoms with E-state index in [9.17, 15) is 9.90 Å². The first-order valence-corrected chi connectivity index (χ1v) is 5.49. The van der Waals surface area contributed by atoms with E-state index in [0.29, 0.717) is 5.02 Å². The normalized spacial score (nSPS) is 15.3. The molecule has 0 heterocycles. The highest BCUT2D eigenvalue weighted by molar-refractivity contribution is 6.31. The van der Waals surface area contributed by atoms with Crippen LogP contribution in [-0.2, 0) is 0 Å². The fraction of sp³-hybridized carbons (Fsp3) is 0.250. The van der Waals surface area contributed by atoms with Crippen molar-refractivity contribution in [2.45, 2.75) is 18.9 Å². The Kier molecular flexibility index (Phi) is 3.15. The van der Waals surface area contributed by atoms with Crippen molar-refractivity contribution in [3.63, 3.8) is 0 Å². The van der Waals surface area contributed by atoms with Crippen LogP contribution in [0.3, 0.4) is 0 Å². The Balaban J connectivity index is 2.10. The monoisotopic (exact) mass is 237 g/mol. The lowest BCUT2D eigenvalue weighted by Crippen LogP contribution is -2.32. The van der Waals surface area contributed by atoms with Crippen molar-refractivity contribution in [1.29, 1.82) is 0 Å². The van der Waals surface area contributed by atoms with Gasteiger partial charge in [0.1, 0.15) is 5.75 Å². The molecule has 0 aliphatic heterocycles. The van der Waals surface area contributed by atoms with Gasteiger partial charge in [-0.15, -0.1) is 0 Å². The molecule has 1 aromatic rings. The maximum Gasteiger partial charge on any atom is 0.255 e. The summed E-state index contributed by atoms with van der Waals surface area (Å²) in [6.45, 7) is 0. The van der Waals surface area contributed by atoms with E-state index in [0.717, 1.165) is 12.8 Å². The zero-order chi connectivity index (χ0) is 11.5. The third-order valence-electron chi connectivity index (χ3n) is 2.55. The van der Waals surface area contributed by atoms with Crippen LogP contribution in [0.4, 0.5) is 0 Å². The smallest absolute Gasteiger partial charge is 0.255 e. The van der Waals surface area contributed by atoms with Crippen LogP contribution in [0.2, 0.25) is 5.02 Å². The Hall–Kier alpha value is -1.48. The zero-order valence-electron chi connectivity index (χ0n) is 8.61. The Bertz CT molecular complexity index is 435. The van der Waals surface area contributed by atoms with E-state index in [2.05, 4.69) is 5.32 Å². The zero-order valence-corrected chi connectivity index (χ0v) is 9.37. The molecule has 3 nitrogen and oxygen atoms in total. The predicted octanol–water partition coefficient (Wildman–Crippen LogP) is 2.49. The summed E-state index contributed by atoms with van der Waals surface area (Å²) in [5.41, 5.74) is 0.222. The second kappa shape index (κ2) is 4.58. The van der Waals surface area contributed by atoms with E-state index >= 15 is 0 Å². The van der Waals surface area contributed by atoms with Crippen molar-refractivity contribution in [3.05, 3.63) is 40.9 Å².